The Balaban J connectivity index is 1.81. The molecule has 2 nitrogen and oxygen atoms in total. The van der Waals surface area contributed by atoms with Gasteiger partial charge in [0.1, 0.15) is 17.3 Å². The summed E-state index contributed by atoms with van der Waals surface area (Å²) in [6, 6.07) is 19.0. The average Bonchev–Trinajstić information content (AvgIpc) is 2.68. The van der Waals surface area contributed by atoms with Gasteiger partial charge in [0, 0.05) is 27.9 Å². The van der Waals surface area contributed by atoms with Crippen LogP contribution in [0.3, 0.4) is 0 Å². The predicted molar refractivity (Wildman–Crippen MR) is 118 cm³/mol. The van der Waals surface area contributed by atoms with Crippen LogP contribution in [-0.2, 0) is 0 Å². The van der Waals surface area contributed by atoms with Gasteiger partial charge in [-0.15, -0.1) is 0 Å². The van der Waals surface area contributed by atoms with E-state index in [0.717, 1.165) is 33.7 Å². The smallest absolute Gasteiger partial charge is 0.136 e. The summed E-state index contributed by atoms with van der Waals surface area (Å²) in [5.41, 5.74) is 6.89. The molecule has 2 aliphatic rings. The quantitative estimate of drug-likeness (QED) is 0.489. The van der Waals surface area contributed by atoms with Crippen LogP contribution in [0.5, 0.6) is 5.75 Å². The zero-order chi connectivity index (χ0) is 20.2. The van der Waals surface area contributed by atoms with Gasteiger partial charge >= 0.3 is 0 Å². The lowest BCUT2D eigenvalue weighted by Crippen LogP contribution is -2.32. The van der Waals surface area contributed by atoms with Gasteiger partial charge in [-0.3, -0.25) is 0 Å². The fraction of sp³-hybridized carbons (Fsp3) is 0.154. The summed E-state index contributed by atoms with van der Waals surface area (Å²) in [4.78, 5) is 0. The van der Waals surface area contributed by atoms with E-state index in [2.05, 4.69) is 50.4 Å². The second kappa shape index (κ2) is 6.35. The predicted octanol–water partition coefficient (Wildman–Crippen LogP) is 6.99. The average molecular weight is 383 g/mol. The van der Waals surface area contributed by atoms with E-state index in [-0.39, 0.29) is 11.4 Å². The van der Waals surface area contributed by atoms with E-state index in [1.165, 1.54) is 11.6 Å². The number of halogens is 1. The number of benzene rings is 3. The molecule has 0 aromatic heterocycles. The second-order valence-electron chi connectivity index (χ2n) is 8.21. The molecule has 144 valence electrons. The van der Waals surface area contributed by atoms with Crippen LogP contribution in [-0.4, -0.2) is 5.54 Å². The molecule has 0 unspecified atom stereocenters. The first-order chi connectivity index (χ1) is 13.9. The lowest BCUT2D eigenvalue weighted by atomic mass is 9.83. The van der Waals surface area contributed by atoms with Gasteiger partial charge in [-0.05, 0) is 56.2 Å². The minimum atomic E-state index is -0.264. The van der Waals surface area contributed by atoms with Crippen molar-refractivity contribution in [1.82, 2.24) is 0 Å². The SMILES string of the molecule is CC1=CC(C)(C)Nc2ccc3c(c21)C(=Cc1ccccc1F)Oc1ccccc1-3. The molecule has 0 radical (unpaired) electrons. The highest BCUT2D eigenvalue weighted by atomic mass is 19.1. The second-order valence-corrected chi connectivity index (χ2v) is 8.21. The van der Waals surface area contributed by atoms with Crippen molar-refractivity contribution in [3.63, 3.8) is 0 Å². The standard InChI is InChI=1S/C26H22FNO/c1-16-15-26(2,3)28-21-13-12-19-18-9-5-7-11-22(18)29-23(25(19)24(16)21)14-17-8-4-6-10-20(17)27/h4-15,28H,1-3H3. The molecule has 5 rings (SSSR count). The maximum Gasteiger partial charge on any atom is 0.136 e. The van der Waals surface area contributed by atoms with Crippen LogP contribution in [0.4, 0.5) is 10.1 Å². The van der Waals surface area contributed by atoms with Gasteiger partial charge < -0.3 is 10.1 Å². The molecule has 3 heteroatoms. The van der Waals surface area contributed by atoms with Gasteiger partial charge in [0.2, 0.25) is 0 Å². The van der Waals surface area contributed by atoms with E-state index >= 15 is 0 Å². The first-order valence-electron chi connectivity index (χ1n) is 9.82. The summed E-state index contributed by atoms with van der Waals surface area (Å²) >= 11 is 0. The molecule has 2 heterocycles. The number of anilines is 1. The summed E-state index contributed by atoms with van der Waals surface area (Å²) in [5, 5.41) is 3.60. The Bertz CT molecular complexity index is 1200. The molecule has 1 N–H and O–H groups in total. The van der Waals surface area contributed by atoms with Gasteiger partial charge in [0.05, 0.1) is 5.54 Å². The zero-order valence-electron chi connectivity index (χ0n) is 16.7. The van der Waals surface area contributed by atoms with E-state index in [0.29, 0.717) is 11.3 Å². The molecule has 0 atom stereocenters. The molecular formula is C26H22FNO. The van der Waals surface area contributed by atoms with Crippen molar-refractivity contribution in [2.45, 2.75) is 26.3 Å². The van der Waals surface area contributed by atoms with Crippen LogP contribution in [0.15, 0.2) is 66.7 Å². The summed E-state index contributed by atoms with van der Waals surface area (Å²) < 4.78 is 20.7. The molecular weight excluding hydrogens is 361 g/mol. The Kier molecular flexibility index (Phi) is 3.88. The Morgan fingerprint density at radius 2 is 1.66 bits per heavy atom. The molecule has 2 aliphatic heterocycles. The molecule has 0 bridgehead atoms. The van der Waals surface area contributed by atoms with Crippen molar-refractivity contribution in [3.05, 3.63) is 89.2 Å². The maximum absolute atomic E-state index is 14.4. The Morgan fingerprint density at radius 1 is 0.897 bits per heavy atom. The van der Waals surface area contributed by atoms with Crippen molar-refractivity contribution < 1.29 is 9.13 Å². The highest BCUT2D eigenvalue weighted by molar-refractivity contribution is 6.00. The third kappa shape index (κ3) is 2.94. The number of allylic oxidation sites excluding steroid dienone is 1. The van der Waals surface area contributed by atoms with Crippen LogP contribution < -0.4 is 10.1 Å². The summed E-state index contributed by atoms with van der Waals surface area (Å²) in [6.45, 7) is 6.44. The third-order valence-electron chi connectivity index (χ3n) is 5.47. The first-order valence-corrected chi connectivity index (χ1v) is 9.82. The summed E-state index contributed by atoms with van der Waals surface area (Å²) in [5.74, 6) is 1.18. The minimum Gasteiger partial charge on any atom is -0.456 e. The van der Waals surface area contributed by atoms with Crippen molar-refractivity contribution in [1.29, 1.82) is 0 Å². The molecule has 0 saturated carbocycles. The number of hydrogen-bond donors (Lipinski definition) is 1. The van der Waals surface area contributed by atoms with E-state index in [4.69, 9.17) is 4.74 Å². The van der Waals surface area contributed by atoms with Crippen molar-refractivity contribution >= 4 is 23.1 Å². The van der Waals surface area contributed by atoms with Gasteiger partial charge in [0.25, 0.3) is 0 Å². The number of ether oxygens (including phenoxy) is 1. The molecule has 0 fully saturated rings. The normalized spacial score (nSPS) is 17.4. The van der Waals surface area contributed by atoms with Gasteiger partial charge in [-0.25, -0.2) is 4.39 Å². The largest absolute Gasteiger partial charge is 0.456 e. The number of nitrogens with one attached hydrogen (secondary N) is 1. The third-order valence-corrected chi connectivity index (χ3v) is 5.47. The monoisotopic (exact) mass is 383 g/mol. The molecule has 0 aliphatic carbocycles. The van der Waals surface area contributed by atoms with Gasteiger partial charge in [0.15, 0.2) is 0 Å². The molecule has 3 aromatic rings. The van der Waals surface area contributed by atoms with Crippen LogP contribution >= 0.6 is 0 Å². The van der Waals surface area contributed by atoms with Crippen molar-refractivity contribution in [2.24, 2.45) is 0 Å². The first kappa shape index (κ1) is 17.7. The van der Waals surface area contributed by atoms with Gasteiger partial charge in [-0.1, -0.05) is 48.5 Å². The lowest BCUT2D eigenvalue weighted by molar-refractivity contribution is 0.514. The Labute approximate surface area is 170 Å². The van der Waals surface area contributed by atoms with E-state index in [1.54, 1.807) is 18.2 Å². The topological polar surface area (TPSA) is 21.3 Å². The fourth-order valence-corrected chi connectivity index (χ4v) is 4.38. The fourth-order valence-electron chi connectivity index (χ4n) is 4.38. The van der Waals surface area contributed by atoms with Gasteiger partial charge in [-0.2, -0.15) is 0 Å². The minimum absolute atomic E-state index is 0.131. The molecule has 0 saturated heterocycles. The zero-order valence-corrected chi connectivity index (χ0v) is 16.7. The number of fused-ring (bicyclic) bond motifs is 5. The van der Waals surface area contributed by atoms with E-state index in [1.807, 2.05) is 24.3 Å². The lowest BCUT2D eigenvalue weighted by Gasteiger charge is -2.35. The van der Waals surface area contributed by atoms with Crippen LogP contribution in [0.2, 0.25) is 0 Å². The molecule has 3 aromatic carbocycles. The van der Waals surface area contributed by atoms with Crippen LogP contribution in [0.25, 0.3) is 28.5 Å². The molecule has 29 heavy (non-hydrogen) atoms. The van der Waals surface area contributed by atoms with E-state index in [9.17, 15) is 4.39 Å². The number of para-hydroxylation sites is 1. The highest BCUT2D eigenvalue weighted by Crippen LogP contribution is 2.49. The van der Waals surface area contributed by atoms with Crippen LogP contribution in [0.1, 0.15) is 37.5 Å². The van der Waals surface area contributed by atoms with E-state index < -0.39 is 0 Å². The number of rotatable bonds is 1. The Morgan fingerprint density at radius 3 is 2.48 bits per heavy atom. The van der Waals surface area contributed by atoms with Crippen LogP contribution in [0, 0.1) is 5.82 Å². The number of hydrogen-bond acceptors (Lipinski definition) is 2. The van der Waals surface area contributed by atoms with Crippen molar-refractivity contribution in [3.8, 4) is 16.9 Å². The Hall–Kier alpha value is -3.33. The maximum atomic E-state index is 14.4. The van der Waals surface area contributed by atoms with Crippen molar-refractivity contribution in [2.75, 3.05) is 5.32 Å². The summed E-state index contributed by atoms with van der Waals surface area (Å²) in [7, 11) is 0. The molecule has 0 spiro atoms. The molecule has 0 amide bonds. The summed E-state index contributed by atoms with van der Waals surface area (Å²) in [6.07, 6.45) is 4.04. The highest BCUT2D eigenvalue weighted by Gasteiger charge is 2.31.